The van der Waals surface area contributed by atoms with Crippen molar-refractivity contribution < 1.29 is 72.2 Å². The number of amides is 2. The van der Waals surface area contributed by atoms with Gasteiger partial charge in [-0.3, -0.25) is 19.2 Å². The topological polar surface area (TPSA) is 224 Å². The van der Waals surface area contributed by atoms with Gasteiger partial charge in [-0.25, -0.2) is 26.3 Å². The summed E-state index contributed by atoms with van der Waals surface area (Å²) in [6, 6.07) is 8.85. The van der Waals surface area contributed by atoms with Crippen molar-refractivity contribution in [1.82, 2.24) is 29.2 Å². The van der Waals surface area contributed by atoms with E-state index in [-0.39, 0.29) is 81.7 Å². The van der Waals surface area contributed by atoms with E-state index in [1.165, 1.54) is 86.8 Å². The Morgan fingerprint density at radius 3 is 1.21 bits per heavy atom. The third kappa shape index (κ3) is 18.9. The van der Waals surface area contributed by atoms with E-state index in [9.17, 15) is 67.5 Å². The van der Waals surface area contributed by atoms with Gasteiger partial charge in [0.2, 0.25) is 20.0 Å². The van der Waals surface area contributed by atoms with Gasteiger partial charge in [0.1, 0.15) is 10.3 Å². The first-order valence-electron chi connectivity index (χ1n) is 28.2. The van der Waals surface area contributed by atoms with Crippen LogP contribution in [0.15, 0.2) is 58.3 Å². The molecule has 2 saturated carbocycles. The van der Waals surface area contributed by atoms with Crippen LogP contribution in [0.2, 0.25) is 10.3 Å². The molecular formula is C59H80Cl2F6N6O10S2. The Bertz CT molecular complexity index is 3300. The molecule has 0 atom stereocenters. The number of esters is 1. The van der Waals surface area contributed by atoms with Gasteiger partial charge in [-0.1, -0.05) is 73.9 Å². The van der Waals surface area contributed by atoms with E-state index in [4.69, 9.17) is 27.9 Å². The van der Waals surface area contributed by atoms with Crippen LogP contribution in [0.3, 0.4) is 0 Å². The molecule has 0 radical (unpaired) electrons. The maximum absolute atomic E-state index is 14.3. The van der Waals surface area contributed by atoms with Crippen LogP contribution in [0.5, 0.6) is 0 Å². The van der Waals surface area contributed by atoms with E-state index in [1.807, 2.05) is 0 Å². The molecular weight excluding hydrogens is 1200 g/mol. The Kier molecular flexibility index (Phi) is 22.8. The Balaban J connectivity index is 0.000000311. The molecule has 2 heterocycles. The first-order chi connectivity index (χ1) is 39.0. The Morgan fingerprint density at radius 2 is 0.906 bits per heavy atom. The molecule has 0 aliphatic heterocycles. The predicted octanol–water partition coefficient (Wildman–Crippen LogP) is 13.5. The number of halogens is 8. The van der Waals surface area contributed by atoms with Crippen LogP contribution >= 0.6 is 23.2 Å². The number of hydrogen-bond donors (Lipinski definition) is 5. The number of carboxylic acids is 1. The lowest BCUT2D eigenvalue weighted by Gasteiger charge is -2.24. The number of carbonyl (C=O) groups excluding carboxylic acids is 3. The van der Waals surface area contributed by atoms with Crippen LogP contribution in [0.1, 0.15) is 178 Å². The number of benzene rings is 2. The molecule has 85 heavy (non-hydrogen) atoms. The predicted molar refractivity (Wildman–Crippen MR) is 314 cm³/mol. The molecule has 0 bridgehead atoms. The van der Waals surface area contributed by atoms with Crippen molar-refractivity contribution in [2.24, 2.45) is 22.7 Å². The average Bonchev–Trinajstić information content (AvgIpc) is 1.97. The van der Waals surface area contributed by atoms with Crippen LogP contribution in [0.25, 0.3) is 22.5 Å². The van der Waals surface area contributed by atoms with Crippen molar-refractivity contribution in [3.8, 4) is 22.5 Å². The Morgan fingerprint density at radius 1 is 0.565 bits per heavy atom. The highest BCUT2D eigenvalue weighted by Gasteiger charge is 2.41. The first-order valence-corrected chi connectivity index (χ1v) is 31.9. The van der Waals surface area contributed by atoms with Crippen LogP contribution in [0, 0.1) is 22.7 Å². The number of carbonyl (C=O) groups is 4. The standard InChI is InChI=1S/C30H41ClF3N3O5S.C29H39ClF3N3O5S/c1-28(2,3)36-43(40,41)24-13-12-20(16-22(24)30(32,33)34)23-17-21(25(31)37(23)18-19-10-8-7-9-11-19)26(38)35-15-14-29(4,5)27(39)42-6;1-27(2,3)35-42(40,41)23-12-11-19(15-21(23)29(31,32)33)22-16-20(25(37)34-14-13-28(4,5)26(38)39)24(30)36(22)17-18-9-7-6-8-10-18/h12-13,16-17,19,36H,7-11,14-15,18H2,1-6H3,(H,35,38);11-12,15-16,18,35H,6-10,13-14,17H2,1-5H3,(H,34,37)(H,38,39). The molecule has 2 amide bonds. The number of methoxy groups -OCH3 is 1. The van der Waals surface area contributed by atoms with Gasteiger partial charge >= 0.3 is 24.3 Å². The Hall–Kier alpha value is -5.14. The number of sulfonamides is 2. The summed E-state index contributed by atoms with van der Waals surface area (Å²) in [6.45, 7) is 16.6. The van der Waals surface area contributed by atoms with Crippen molar-refractivity contribution in [3.63, 3.8) is 0 Å². The zero-order valence-electron chi connectivity index (χ0n) is 49.9. The van der Waals surface area contributed by atoms with Gasteiger partial charge < -0.3 is 29.6 Å². The first kappa shape index (κ1) is 70.6. The normalized spacial score (nSPS) is 15.5. The van der Waals surface area contributed by atoms with E-state index >= 15 is 0 Å². The number of hydrogen-bond acceptors (Lipinski definition) is 9. The van der Waals surface area contributed by atoms with Gasteiger partial charge in [-0.05, 0) is 167 Å². The number of rotatable bonds is 20. The highest BCUT2D eigenvalue weighted by Crippen LogP contribution is 2.42. The largest absolute Gasteiger partial charge is 0.481 e. The summed E-state index contributed by atoms with van der Waals surface area (Å²) in [6.07, 6.45) is 0.379. The third-order valence-electron chi connectivity index (χ3n) is 14.9. The van der Waals surface area contributed by atoms with E-state index in [0.29, 0.717) is 13.1 Å². The number of aliphatic carboxylic acids is 1. The lowest BCUT2D eigenvalue weighted by Crippen LogP contribution is -2.41. The molecule has 0 unspecified atom stereocenters. The van der Waals surface area contributed by atoms with Crippen LogP contribution in [-0.4, -0.2) is 86.1 Å². The zero-order chi connectivity index (χ0) is 64.1. The number of carboxylic acid groups (broad SMARTS) is 1. The second kappa shape index (κ2) is 27.5. The minimum absolute atomic E-state index is 0.0373. The van der Waals surface area contributed by atoms with E-state index in [2.05, 4.69) is 20.1 Å². The fraction of sp³-hybridized carbons (Fsp3) is 0.593. The minimum atomic E-state index is -4.99. The maximum atomic E-state index is 14.3. The highest BCUT2D eigenvalue weighted by atomic mass is 35.5. The molecule has 5 N–H and O–H groups in total. The third-order valence-corrected chi connectivity index (χ3v) is 19.3. The number of aromatic nitrogens is 2. The summed E-state index contributed by atoms with van der Waals surface area (Å²) in [5, 5.41) is 14.9. The Labute approximate surface area is 505 Å². The van der Waals surface area contributed by atoms with Gasteiger partial charge in [0.25, 0.3) is 11.8 Å². The van der Waals surface area contributed by atoms with Crippen LogP contribution in [0.4, 0.5) is 26.3 Å². The van der Waals surface area contributed by atoms with Crippen molar-refractivity contribution in [2.75, 3.05) is 20.2 Å². The molecule has 2 aromatic heterocycles. The molecule has 0 saturated heterocycles. The van der Waals surface area contributed by atoms with Gasteiger partial charge in [0.15, 0.2) is 0 Å². The molecule has 6 rings (SSSR count). The van der Waals surface area contributed by atoms with Gasteiger partial charge in [-0.2, -0.15) is 26.3 Å². The monoisotopic (exact) mass is 1280 g/mol. The fourth-order valence-electron chi connectivity index (χ4n) is 10.3. The van der Waals surface area contributed by atoms with Crippen LogP contribution in [-0.2, 0) is 59.8 Å². The molecule has 4 aromatic rings. The summed E-state index contributed by atoms with van der Waals surface area (Å²) in [5.41, 5.74) is -5.83. The molecule has 2 aliphatic carbocycles. The van der Waals surface area contributed by atoms with Crippen molar-refractivity contribution in [3.05, 3.63) is 81.1 Å². The quantitative estimate of drug-likeness (QED) is 0.0416. The molecule has 474 valence electrons. The number of alkyl halides is 6. The van der Waals surface area contributed by atoms with E-state index in [0.717, 1.165) is 88.5 Å². The van der Waals surface area contributed by atoms with Gasteiger partial charge in [0.05, 0.1) is 61.4 Å². The number of nitrogens with zero attached hydrogens (tertiary/aromatic N) is 2. The number of ether oxygens (including phenoxy) is 1. The molecule has 2 aromatic carbocycles. The smallest absolute Gasteiger partial charge is 0.417 e. The van der Waals surface area contributed by atoms with E-state index < -0.39 is 99.0 Å². The fourth-order valence-corrected chi connectivity index (χ4v) is 14.2. The lowest BCUT2D eigenvalue weighted by atomic mass is 9.89. The lowest BCUT2D eigenvalue weighted by molar-refractivity contribution is -0.151. The SMILES string of the molecule is CC(C)(C)NS(=O)(=O)c1ccc(-c2cc(C(=O)NCCC(C)(C)C(=O)O)c(Cl)n2CC2CCCCC2)cc1C(F)(F)F.COC(=O)C(C)(C)CCNC(=O)c1cc(-c2ccc(S(=O)(=O)NC(C)(C)C)c(C(F)(F)F)c2)n(CC2CCCCC2)c1Cl. The zero-order valence-corrected chi connectivity index (χ0v) is 53.1. The number of nitrogens with one attached hydrogen (secondary N) is 4. The van der Waals surface area contributed by atoms with Gasteiger partial charge in [-0.15, -0.1) is 0 Å². The molecule has 16 nitrogen and oxygen atoms in total. The molecule has 26 heteroatoms. The van der Waals surface area contributed by atoms with E-state index in [1.54, 1.807) is 23.0 Å². The second-order valence-corrected chi connectivity index (χ2v) is 29.4. The van der Waals surface area contributed by atoms with Crippen molar-refractivity contribution >= 4 is 67.0 Å². The molecule has 0 spiro atoms. The summed E-state index contributed by atoms with van der Waals surface area (Å²) in [7, 11) is -7.74. The highest BCUT2D eigenvalue weighted by molar-refractivity contribution is 7.90. The summed E-state index contributed by atoms with van der Waals surface area (Å²) in [4.78, 5) is 48.0. The van der Waals surface area contributed by atoms with Gasteiger partial charge in [0, 0.05) is 37.3 Å². The molecule has 2 fully saturated rings. The van der Waals surface area contributed by atoms with Crippen molar-refractivity contribution in [2.45, 2.75) is 193 Å². The summed E-state index contributed by atoms with van der Waals surface area (Å²) < 4.78 is 150. The van der Waals surface area contributed by atoms with Crippen LogP contribution < -0.4 is 20.1 Å². The average molecular weight is 1280 g/mol. The summed E-state index contributed by atoms with van der Waals surface area (Å²) in [5.74, 6) is -2.16. The van der Waals surface area contributed by atoms with Crippen molar-refractivity contribution in [1.29, 1.82) is 0 Å². The maximum Gasteiger partial charge on any atom is 0.417 e. The summed E-state index contributed by atoms with van der Waals surface area (Å²) >= 11 is 13.4. The molecule has 2 aliphatic rings. The second-order valence-electron chi connectivity index (χ2n) is 25.4. The minimum Gasteiger partial charge on any atom is -0.481 e.